The number of hydrogen-bond acceptors (Lipinski definition) is 8. The molecule has 1 aromatic heterocycles. The van der Waals surface area contributed by atoms with Crippen LogP contribution in [0.2, 0.25) is 0 Å². The fraction of sp³-hybridized carbons (Fsp3) is 0.250. The smallest absolute Gasteiger partial charge is 0.255 e. The van der Waals surface area contributed by atoms with Crippen LogP contribution in [0.4, 0.5) is 17.3 Å². The van der Waals surface area contributed by atoms with Crippen molar-refractivity contribution in [1.29, 1.82) is 5.26 Å². The van der Waals surface area contributed by atoms with Crippen LogP contribution >= 0.6 is 0 Å². The summed E-state index contributed by atoms with van der Waals surface area (Å²) in [6.45, 7) is 7.11. The largest absolute Gasteiger partial charge is 0.493 e. The number of aryl methyl sites for hydroxylation is 1. The third-order valence-corrected chi connectivity index (χ3v) is 7.22. The molecule has 4 aromatic rings. The number of likely N-dealkylation sites (N-methyl/N-ethyl adjacent to an activating group) is 1. The van der Waals surface area contributed by atoms with Gasteiger partial charge in [0.25, 0.3) is 5.91 Å². The molecule has 0 unspecified atom stereocenters. The van der Waals surface area contributed by atoms with Crippen LogP contribution in [-0.4, -0.2) is 66.0 Å². The summed E-state index contributed by atoms with van der Waals surface area (Å²) < 4.78 is 5.44. The second-order valence-corrected chi connectivity index (χ2v) is 10.2. The van der Waals surface area contributed by atoms with Gasteiger partial charge in [0.1, 0.15) is 5.69 Å². The molecule has 9 heteroatoms. The molecule has 1 fully saturated rings. The summed E-state index contributed by atoms with van der Waals surface area (Å²) in [6.07, 6.45) is 1.60. The molecule has 9 nitrogen and oxygen atoms in total. The second kappa shape index (κ2) is 12.6. The Bertz CT molecular complexity index is 1550. The fourth-order valence-electron chi connectivity index (χ4n) is 4.68. The van der Waals surface area contributed by atoms with Gasteiger partial charge in [0.15, 0.2) is 5.75 Å². The summed E-state index contributed by atoms with van der Waals surface area (Å²) in [5.41, 5.74) is 6.31. The molecule has 0 bridgehead atoms. The van der Waals surface area contributed by atoms with E-state index in [9.17, 15) is 4.79 Å². The standard InChI is InChI=1S/C32H33N7O2/c1-22-4-5-24(21-39-16-14-38(2)15-17-39)18-28(22)36-31(40)26-10-12-27(13-11-26)35-32-34-20-29(41-3)30(37-32)25-8-6-23(19-33)7-9-25/h4-13,18,20H,14-17,21H2,1-3H3,(H,36,40)(H,34,35,37). The zero-order valence-electron chi connectivity index (χ0n) is 23.5. The average Bonchev–Trinajstić information content (AvgIpc) is 3.00. The lowest BCUT2D eigenvalue weighted by molar-refractivity contribution is 0.102. The van der Waals surface area contributed by atoms with Crippen LogP contribution in [0, 0.1) is 18.3 Å². The van der Waals surface area contributed by atoms with Gasteiger partial charge < -0.3 is 20.3 Å². The van der Waals surface area contributed by atoms with Crippen LogP contribution < -0.4 is 15.4 Å². The van der Waals surface area contributed by atoms with E-state index in [0.717, 1.165) is 55.2 Å². The lowest BCUT2D eigenvalue weighted by Crippen LogP contribution is -2.43. The van der Waals surface area contributed by atoms with Crippen LogP contribution in [-0.2, 0) is 6.54 Å². The van der Waals surface area contributed by atoms with E-state index in [0.29, 0.717) is 28.5 Å². The van der Waals surface area contributed by atoms with Crippen LogP contribution in [0.5, 0.6) is 5.75 Å². The number of benzene rings is 3. The highest BCUT2D eigenvalue weighted by Gasteiger charge is 2.16. The van der Waals surface area contributed by atoms with Crippen molar-refractivity contribution in [2.45, 2.75) is 13.5 Å². The Labute approximate surface area is 240 Å². The van der Waals surface area contributed by atoms with E-state index in [4.69, 9.17) is 10.00 Å². The molecule has 208 valence electrons. The van der Waals surface area contributed by atoms with Crippen molar-refractivity contribution in [3.8, 4) is 23.1 Å². The number of methoxy groups -OCH3 is 1. The van der Waals surface area contributed by atoms with Crippen LogP contribution in [0.1, 0.15) is 27.0 Å². The van der Waals surface area contributed by atoms with E-state index in [1.165, 1.54) is 5.56 Å². The van der Waals surface area contributed by atoms with Gasteiger partial charge in [-0.25, -0.2) is 9.97 Å². The Kier molecular flexibility index (Phi) is 8.53. The Balaban J connectivity index is 1.25. The second-order valence-electron chi connectivity index (χ2n) is 10.2. The van der Waals surface area contributed by atoms with E-state index in [-0.39, 0.29) is 5.91 Å². The number of nitrogens with zero attached hydrogens (tertiary/aromatic N) is 5. The van der Waals surface area contributed by atoms with Crippen molar-refractivity contribution in [1.82, 2.24) is 19.8 Å². The number of carbonyl (C=O) groups is 1. The van der Waals surface area contributed by atoms with E-state index in [1.807, 2.05) is 31.2 Å². The Morgan fingerprint density at radius 1 is 1.02 bits per heavy atom. The summed E-state index contributed by atoms with van der Waals surface area (Å²) >= 11 is 0. The number of nitrogens with one attached hydrogen (secondary N) is 2. The molecule has 1 saturated heterocycles. The summed E-state index contributed by atoms with van der Waals surface area (Å²) in [4.78, 5) is 26.9. The third kappa shape index (κ3) is 6.87. The average molecular weight is 548 g/mol. The van der Waals surface area contributed by atoms with Gasteiger partial charge >= 0.3 is 0 Å². The van der Waals surface area contributed by atoms with Gasteiger partial charge in [-0.1, -0.05) is 24.3 Å². The minimum atomic E-state index is -0.166. The van der Waals surface area contributed by atoms with E-state index in [1.54, 1.807) is 37.6 Å². The number of rotatable bonds is 8. The number of anilines is 3. The van der Waals surface area contributed by atoms with E-state index < -0.39 is 0 Å². The van der Waals surface area contributed by atoms with Crippen molar-refractivity contribution >= 4 is 23.2 Å². The molecule has 41 heavy (non-hydrogen) atoms. The maximum Gasteiger partial charge on any atom is 0.255 e. The van der Waals surface area contributed by atoms with Crippen LogP contribution in [0.15, 0.2) is 72.9 Å². The summed E-state index contributed by atoms with van der Waals surface area (Å²) in [5.74, 6) is 0.741. The highest BCUT2D eigenvalue weighted by atomic mass is 16.5. The van der Waals surface area contributed by atoms with Crippen molar-refractivity contribution in [3.63, 3.8) is 0 Å². The number of piperazine rings is 1. The van der Waals surface area contributed by atoms with Crippen LogP contribution in [0.25, 0.3) is 11.3 Å². The van der Waals surface area contributed by atoms with Crippen molar-refractivity contribution < 1.29 is 9.53 Å². The van der Waals surface area contributed by atoms with Crippen molar-refractivity contribution in [2.75, 3.05) is 51.0 Å². The normalized spacial score (nSPS) is 13.8. The molecule has 0 radical (unpaired) electrons. The number of aromatic nitrogens is 2. The first-order valence-electron chi connectivity index (χ1n) is 13.5. The minimum absolute atomic E-state index is 0.166. The van der Waals surface area contributed by atoms with Gasteiger partial charge in [-0.15, -0.1) is 0 Å². The third-order valence-electron chi connectivity index (χ3n) is 7.22. The zero-order chi connectivity index (χ0) is 28.8. The van der Waals surface area contributed by atoms with Gasteiger partial charge in [0.2, 0.25) is 5.95 Å². The molecule has 0 spiro atoms. The Morgan fingerprint density at radius 3 is 2.44 bits per heavy atom. The molecule has 1 aliphatic heterocycles. The monoisotopic (exact) mass is 547 g/mol. The van der Waals surface area contributed by atoms with Gasteiger partial charge in [-0.3, -0.25) is 9.69 Å². The molecular weight excluding hydrogens is 514 g/mol. The number of carbonyl (C=O) groups excluding carboxylic acids is 1. The molecule has 2 N–H and O–H groups in total. The molecule has 1 aliphatic rings. The Morgan fingerprint density at radius 2 is 1.76 bits per heavy atom. The van der Waals surface area contributed by atoms with Gasteiger partial charge in [-0.2, -0.15) is 5.26 Å². The predicted octanol–water partition coefficient (Wildman–Crippen LogP) is 5.08. The van der Waals surface area contributed by atoms with Crippen molar-refractivity contribution in [3.05, 3.63) is 95.2 Å². The summed E-state index contributed by atoms with van der Waals surface area (Å²) in [5, 5.41) is 15.4. The molecular formula is C32H33N7O2. The SMILES string of the molecule is COc1cnc(Nc2ccc(C(=O)Nc3cc(CN4CCN(C)CC4)ccc3C)cc2)nc1-c1ccc(C#N)cc1. The maximum absolute atomic E-state index is 13.1. The van der Waals surface area contributed by atoms with Crippen LogP contribution in [0.3, 0.4) is 0 Å². The molecule has 0 atom stereocenters. The Hall–Kier alpha value is -4.78. The first-order chi connectivity index (χ1) is 19.9. The zero-order valence-corrected chi connectivity index (χ0v) is 23.5. The van der Waals surface area contributed by atoms with Gasteiger partial charge in [0, 0.05) is 55.2 Å². The fourth-order valence-corrected chi connectivity index (χ4v) is 4.68. The predicted molar refractivity (Wildman–Crippen MR) is 160 cm³/mol. The molecule has 5 rings (SSSR count). The molecule has 1 amide bonds. The lowest BCUT2D eigenvalue weighted by Gasteiger charge is -2.32. The number of nitriles is 1. The first kappa shape index (κ1) is 27.8. The quantitative estimate of drug-likeness (QED) is 0.315. The molecule has 2 heterocycles. The number of ether oxygens (including phenoxy) is 1. The van der Waals surface area contributed by atoms with E-state index in [2.05, 4.69) is 61.7 Å². The molecule has 0 aliphatic carbocycles. The van der Waals surface area contributed by atoms with Gasteiger partial charge in [0.05, 0.1) is 24.9 Å². The minimum Gasteiger partial charge on any atom is -0.493 e. The molecule has 0 saturated carbocycles. The summed E-state index contributed by atoms with van der Waals surface area (Å²) in [6, 6.07) is 22.7. The highest BCUT2D eigenvalue weighted by molar-refractivity contribution is 6.04. The highest BCUT2D eigenvalue weighted by Crippen LogP contribution is 2.29. The number of hydrogen-bond donors (Lipinski definition) is 2. The lowest BCUT2D eigenvalue weighted by atomic mass is 10.1. The molecule has 3 aromatic carbocycles. The summed E-state index contributed by atoms with van der Waals surface area (Å²) in [7, 11) is 3.72. The number of amides is 1. The topological polar surface area (TPSA) is 106 Å². The van der Waals surface area contributed by atoms with Crippen molar-refractivity contribution in [2.24, 2.45) is 0 Å². The maximum atomic E-state index is 13.1. The van der Waals surface area contributed by atoms with E-state index >= 15 is 0 Å². The van der Waals surface area contributed by atoms with Gasteiger partial charge in [-0.05, 0) is 67.6 Å². The first-order valence-corrected chi connectivity index (χ1v) is 13.5.